The summed E-state index contributed by atoms with van der Waals surface area (Å²) < 4.78 is 6.05. The minimum absolute atomic E-state index is 0.920. The summed E-state index contributed by atoms with van der Waals surface area (Å²) in [5.74, 6) is 0. The van der Waals surface area contributed by atoms with E-state index in [1.807, 2.05) is 24.3 Å². The van der Waals surface area contributed by atoms with Gasteiger partial charge in [0.05, 0.1) is 0 Å². The van der Waals surface area contributed by atoms with Crippen molar-refractivity contribution in [1.29, 1.82) is 0 Å². The fraction of sp³-hybridized carbons (Fsp3) is 0. The second kappa shape index (κ2) is 7.75. The lowest BCUT2D eigenvalue weighted by Crippen LogP contribution is -1.91. The summed E-state index contributed by atoms with van der Waals surface area (Å²) >= 11 is 0. The Morgan fingerprint density at radius 2 is 1.19 bits per heavy atom. The molecule has 0 saturated carbocycles. The van der Waals surface area contributed by atoms with Crippen LogP contribution in [0.15, 0.2) is 126 Å². The van der Waals surface area contributed by atoms with Crippen LogP contribution in [0.1, 0.15) is 0 Å². The van der Waals surface area contributed by atoms with E-state index < -0.39 is 0 Å². The zero-order valence-electron chi connectivity index (χ0n) is 17.5. The first-order valence-corrected chi connectivity index (χ1v) is 10.8. The molecule has 0 bridgehead atoms. The molecular weight excluding hydrogens is 390 g/mol. The van der Waals surface area contributed by atoms with Gasteiger partial charge >= 0.3 is 0 Å². The molecule has 0 atom stereocenters. The molecule has 2 heteroatoms. The Balaban J connectivity index is 1.32. The molecule has 0 amide bonds. The molecule has 0 aliphatic heterocycles. The molecule has 0 aliphatic rings. The quantitative estimate of drug-likeness (QED) is 0.314. The van der Waals surface area contributed by atoms with Gasteiger partial charge < -0.3 is 9.73 Å². The molecular formula is C30H21NO. The van der Waals surface area contributed by atoms with E-state index >= 15 is 0 Å². The third-order valence-electron chi connectivity index (χ3n) is 5.86. The molecule has 6 rings (SSSR count). The number of furan rings is 1. The first-order valence-electron chi connectivity index (χ1n) is 10.8. The minimum Gasteiger partial charge on any atom is -0.456 e. The van der Waals surface area contributed by atoms with Crippen LogP contribution in [0, 0.1) is 0 Å². The molecule has 0 fully saturated rings. The van der Waals surface area contributed by atoms with Crippen LogP contribution in [0.4, 0.5) is 11.4 Å². The second-order valence-corrected chi connectivity index (χ2v) is 7.93. The molecule has 0 radical (unpaired) electrons. The van der Waals surface area contributed by atoms with Crippen LogP contribution in [0.5, 0.6) is 0 Å². The van der Waals surface area contributed by atoms with Crippen LogP contribution in [0.2, 0.25) is 0 Å². The van der Waals surface area contributed by atoms with Crippen LogP contribution in [0.3, 0.4) is 0 Å². The first-order chi connectivity index (χ1) is 15.8. The summed E-state index contributed by atoms with van der Waals surface area (Å²) in [5, 5.41) is 5.85. The number of anilines is 2. The van der Waals surface area contributed by atoms with Crippen molar-refractivity contribution in [2.45, 2.75) is 0 Å². The number of fused-ring (bicyclic) bond motifs is 3. The van der Waals surface area contributed by atoms with Gasteiger partial charge in [0.15, 0.2) is 0 Å². The van der Waals surface area contributed by atoms with Gasteiger partial charge in [-0.05, 0) is 58.7 Å². The molecule has 0 spiro atoms. The molecule has 1 aromatic heterocycles. The number of benzene rings is 5. The molecule has 32 heavy (non-hydrogen) atoms. The highest BCUT2D eigenvalue weighted by Gasteiger charge is 2.11. The fourth-order valence-electron chi connectivity index (χ4n) is 4.32. The minimum atomic E-state index is 0.920. The van der Waals surface area contributed by atoms with Crippen LogP contribution in [-0.2, 0) is 0 Å². The van der Waals surface area contributed by atoms with E-state index in [9.17, 15) is 0 Å². The van der Waals surface area contributed by atoms with Gasteiger partial charge in [-0.3, -0.25) is 0 Å². The SMILES string of the molecule is c1ccc(-c2cccc(Nc3ccc(-c4cccc5oc6ccccc6c45)cc3)c2)cc1. The lowest BCUT2D eigenvalue weighted by atomic mass is 9.99. The van der Waals surface area contributed by atoms with E-state index in [0.717, 1.165) is 27.9 Å². The van der Waals surface area contributed by atoms with Crippen molar-refractivity contribution in [2.24, 2.45) is 0 Å². The maximum Gasteiger partial charge on any atom is 0.136 e. The summed E-state index contributed by atoms with van der Waals surface area (Å²) in [7, 11) is 0. The van der Waals surface area contributed by atoms with Crippen LogP contribution >= 0.6 is 0 Å². The van der Waals surface area contributed by atoms with Crippen molar-refractivity contribution in [1.82, 2.24) is 0 Å². The molecule has 1 N–H and O–H groups in total. The number of nitrogens with one attached hydrogen (secondary N) is 1. The first kappa shape index (κ1) is 18.5. The zero-order chi connectivity index (χ0) is 21.3. The average molecular weight is 412 g/mol. The largest absolute Gasteiger partial charge is 0.456 e. The van der Waals surface area contributed by atoms with Crippen molar-refractivity contribution < 1.29 is 4.42 Å². The van der Waals surface area contributed by atoms with Gasteiger partial charge in [0.1, 0.15) is 11.2 Å². The highest BCUT2D eigenvalue weighted by Crippen LogP contribution is 2.37. The van der Waals surface area contributed by atoms with Crippen LogP contribution in [-0.4, -0.2) is 0 Å². The Labute approximate surface area is 186 Å². The standard InChI is InChI=1S/C30H21NO/c1-2-8-21(9-3-1)23-10-6-11-25(20-23)31-24-18-16-22(17-19-24)26-13-7-15-29-30(26)27-12-4-5-14-28(27)32-29/h1-20,31H. The molecule has 0 saturated heterocycles. The van der Waals surface area contributed by atoms with Crippen LogP contribution < -0.4 is 5.32 Å². The van der Waals surface area contributed by atoms with Crippen molar-refractivity contribution in [3.05, 3.63) is 121 Å². The van der Waals surface area contributed by atoms with Gasteiger partial charge in [-0.25, -0.2) is 0 Å². The predicted molar refractivity (Wildman–Crippen MR) is 134 cm³/mol. The van der Waals surface area contributed by atoms with Crippen molar-refractivity contribution in [3.63, 3.8) is 0 Å². The summed E-state index contributed by atoms with van der Waals surface area (Å²) in [4.78, 5) is 0. The monoisotopic (exact) mass is 411 g/mol. The van der Waals surface area contributed by atoms with Crippen molar-refractivity contribution >= 4 is 33.3 Å². The van der Waals surface area contributed by atoms with E-state index in [1.165, 1.54) is 27.6 Å². The molecule has 152 valence electrons. The maximum absolute atomic E-state index is 6.05. The molecule has 5 aromatic carbocycles. The maximum atomic E-state index is 6.05. The normalized spacial score (nSPS) is 11.1. The van der Waals surface area contributed by atoms with Gasteiger partial charge in [0, 0.05) is 22.1 Å². The highest BCUT2D eigenvalue weighted by molar-refractivity contribution is 6.12. The van der Waals surface area contributed by atoms with Gasteiger partial charge in [-0.1, -0.05) is 84.9 Å². The highest BCUT2D eigenvalue weighted by atomic mass is 16.3. The smallest absolute Gasteiger partial charge is 0.136 e. The van der Waals surface area contributed by atoms with E-state index in [0.29, 0.717) is 0 Å². The Morgan fingerprint density at radius 1 is 0.469 bits per heavy atom. The van der Waals surface area contributed by atoms with Crippen molar-refractivity contribution in [3.8, 4) is 22.3 Å². The molecule has 1 heterocycles. The Hall–Kier alpha value is -4.30. The summed E-state index contributed by atoms with van der Waals surface area (Å²) in [6, 6.07) is 42.0. The molecule has 0 aliphatic carbocycles. The summed E-state index contributed by atoms with van der Waals surface area (Å²) in [5.41, 5.74) is 8.74. The number of rotatable bonds is 4. The number of para-hydroxylation sites is 1. The van der Waals surface area contributed by atoms with Crippen LogP contribution in [0.25, 0.3) is 44.2 Å². The van der Waals surface area contributed by atoms with Gasteiger partial charge in [0.2, 0.25) is 0 Å². The third-order valence-corrected chi connectivity index (χ3v) is 5.86. The third kappa shape index (κ3) is 3.32. The van der Waals surface area contributed by atoms with Gasteiger partial charge in [0.25, 0.3) is 0 Å². The number of hydrogen-bond donors (Lipinski definition) is 1. The fourth-order valence-corrected chi connectivity index (χ4v) is 4.32. The van der Waals surface area contributed by atoms with Gasteiger partial charge in [-0.15, -0.1) is 0 Å². The average Bonchev–Trinajstić information content (AvgIpc) is 3.24. The molecule has 6 aromatic rings. The zero-order valence-corrected chi connectivity index (χ0v) is 17.5. The van der Waals surface area contributed by atoms with Crippen molar-refractivity contribution in [2.75, 3.05) is 5.32 Å². The molecule has 2 nitrogen and oxygen atoms in total. The topological polar surface area (TPSA) is 25.2 Å². The Kier molecular flexibility index (Phi) is 4.47. The lowest BCUT2D eigenvalue weighted by molar-refractivity contribution is 0.669. The van der Waals surface area contributed by atoms with E-state index in [4.69, 9.17) is 4.42 Å². The molecule has 0 unspecified atom stereocenters. The van der Waals surface area contributed by atoms with Gasteiger partial charge in [-0.2, -0.15) is 0 Å². The summed E-state index contributed by atoms with van der Waals surface area (Å²) in [6.45, 7) is 0. The van der Waals surface area contributed by atoms with E-state index in [1.54, 1.807) is 0 Å². The summed E-state index contributed by atoms with van der Waals surface area (Å²) in [6.07, 6.45) is 0. The Bertz CT molecular complexity index is 1530. The second-order valence-electron chi connectivity index (χ2n) is 7.93. The van der Waals surface area contributed by atoms with E-state index in [2.05, 4.69) is 102 Å². The lowest BCUT2D eigenvalue weighted by Gasteiger charge is -2.10. The Morgan fingerprint density at radius 3 is 2.06 bits per heavy atom. The van der Waals surface area contributed by atoms with E-state index in [-0.39, 0.29) is 0 Å². The number of hydrogen-bond acceptors (Lipinski definition) is 2. The predicted octanol–water partition coefficient (Wildman–Crippen LogP) is 8.66.